The third-order valence-corrected chi connectivity index (χ3v) is 4.51. The molecule has 0 bridgehead atoms. The Morgan fingerprint density at radius 2 is 2.21 bits per heavy atom. The maximum absolute atomic E-state index is 6.10. The first-order valence-corrected chi connectivity index (χ1v) is 7.66. The highest BCUT2D eigenvalue weighted by Gasteiger charge is 2.14. The lowest BCUT2D eigenvalue weighted by Gasteiger charge is -2.18. The van der Waals surface area contributed by atoms with Crippen molar-refractivity contribution in [3.63, 3.8) is 0 Å². The number of aryl methyl sites for hydroxylation is 2. The van der Waals surface area contributed by atoms with E-state index in [-0.39, 0.29) is 0 Å². The molecule has 19 heavy (non-hydrogen) atoms. The van der Waals surface area contributed by atoms with Crippen molar-refractivity contribution in [2.75, 3.05) is 7.05 Å². The molecule has 102 valence electrons. The second-order valence-electron chi connectivity index (χ2n) is 4.49. The molecule has 0 fully saturated rings. The number of nitrogens with one attached hydrogen (secondary N) is 1. The highest BCUT2D eigenvalue weighted by Crippen LogP contribution is 2.26. The van der Waals surface area contributed by atoms with E-state index in [1.54, 1.807) is 0 Å². The molecule has 1 atom stereocenters. The van der Waals surface area contributed by atoms with E-state index in [0.717, 1.165) is 17.9 Å². The van der Waals surface area contributed by atoms with Crippen LogP contribution in [0.25, 0.3) is 0 Å². The fourth-order valence-corrected chi connectivity index (χ4v) is 3.07. The molecule has 0 amide bonds. The summed E-state index contributed by atoms with van der Waals surface area (Å²) >= 11 is 8.46. The average molecular weight is 390 g/mol. The topological polar surface area (TPSA) is 29.9 Å². The molecule has 0 saturated carbocycles. The van der Waals surface area contributed by atoms with Gasteiger partial charge in [0.25, 0.3) is 0 Å². The summed E-state index contributed by atoms with van der Waals surface area (Å²) in [6.45, 7) is 0. The molecule has 0 aliphatic rings. The van der Waals surface area contributed by atoms with Crippen molar-refractivity contribution in [3.8, 4) is 0 Å². The highest BCUT2D eigenvalue weighted by atomic mass is 127. The van der Waals surface area contributed by atoms with E-state index < -0.39 is 0 Å². The molecule has 0 radical (unpaired) electrons. The first kappa shape index (κ1) is 14.8. The summed E-state index contributed by atoms with van der Waals surface area (Å²) in [4.78, 5) is 0. The highest BCUT2D eigenvalue weighted by molar-refractivity contribution is 14.1. The molecular weight excluding hydrogens is 373 g/mol. The third kappa shape index (κ3) is 3.70. The molecule has 1 unspecified atom stereocenters. The molecular formula is C14H17ClIN3. The number of hydrogen-bond donors (Lipinski definition) is 1. The summed E-state index contributed by atoms with van der Waals surface area (Å²) in [5.41, 5.74) is 2.51. The summed E-state index contributed by atoms with van der Waals surface area (Å²) < 4.78 is 3.17. The van der Waals surface area contributed by atoms with Crippen LogP contribution in [0.3, 0.4) is 0 Å². The molecule has 1 heterocycles. The smallest absolute Gasteiger partial charge is 0.0492 e. The molecule has 0 spiro atoms. The number of rotatable bonds is 5. The van der Waals surface area contributed by atoms with Gasteiger partial charge in [0.05, 0.1) is 0 Å². The number of benzene rings is 1. The van der Waals surface area contributed by atoms with Crippen molar-refractivity contribution in [3.05, 3.63) is 50.3 Å². The predicted octanol–water partition coefficient (Wildman–Crippen LogP) is 3.57. The fraction of sp³-hybridized carbons (Fsp3) is 0.357. The zero-order chi connectivity index (χ0) is 13.8. The first-order valence-electron chi connectivity index (χ1n) is 6.21. The van der Waals surface area contributed by atoms with Crippen molar-refractivity contribution >= 4 is 34.2 Å². The van der Waals surface area contributed by atoms with Gasteiger partial charge in [0.1, 0.15) is 0 Å². The molecule has 0 aliphatic heterocycles. The van der Waals surface area contributed by atoms with E-state index in [2.05, 4.69) is 45.1 Å². The van der Waals surface area contributed by atoms with Crippen LogP contribution >= 0.6 is 34.2 Å². The van der Waals surface area contributed by atoms with Crippen molar-refractivity contribution in [1.82, 2.24) is 15.1 Å². The van der Waals surface area contributed by atoms with Crippen LogP contribution in [0.4, 0.5) is 0 Å². The Balaban J connectivity index is 2.12. The van der Waals surface area contributed by atoms with Crippen LogP contribution in [0.2, 0.25) is 5.02 Å². The van der Waals surface area contributed by atoms with Crippen LogP contribution in [0.5, 0.6) is 0 Å². The van der Waals surface area contributed by atoms with Gasteiger partial charge in [-0.15, -0.1) is 0 Å². The van der Waals surface area contributed by atoms with Gasteiger partial charge in [-0.1, -0.05) is 11.6 Å². The minimum Gasteiger partial charge on any atom is -0.313 e. The second kappa shape index (κ2) is 6.72. The molecule has 1 N–H and O–H groups in total. The number of aromatic nitrogens is 2. The summed E-state index contributed by atoms with van der Waals surface area (Å²) in [5.74, 6) is 0. The summed E-state index contributed by atoms with van der Waals surface area (Å²) in [6.07, 6.45) is 3.85. The molecule has 2 rings (SSSR count). The second-order valence-corrected chi connectivity index (χ2v) is 6.09. The minimum atomic E-state index is 0.306. The summed E-state index contributed by atoms with van der Waals surface area (Å²) in [6, 6.07) is 8.41. The first-order chi connectivity index (χ1) is 9.11. The molecule has 0 aliphatic carbocycles. The zero-order valence-corrected chi connectivity index (χ0v) is 13.9. The lowest BCUT2D eigenvalue weighted by Crippen LogP contribution is -2.18. The van der Waals surface area contributed by atoms with E-state index in [1.807, 2.05) is 37.1 Å². The maximum atomic E-state index is 6.10. The number of hydrogen-bond acceptors (Lipinski definition) is 2. The molecule has 1 aromatic heterocycles. The molecule has 2 aromatic rings. The van der Waals surface area contributed by atoms with E-state index in [1.165, 1.54) is 14.8 Å². The normalized spacial score (nSPS) is 12.6. The SMILES string of the molecule is CNC(CCc1ccnn1C)c1cc(Cl)ccc1I. The van der Waals surface area contributed by atoms with Crippen LogP contribution in [-0.4, -0.2) is 16.8 Å². The lowest BCUT2D eigenvalue weighted by molar-refractivity contribution is 0.534. The van der Waals surface area contributed by atoms with Crippen molar-refractivity contribution in [2.45, 2.75) is 18.9 Å². The molecule has 1 aromatic carbocycles. The minimum absolute atomic E-state index is 0.306. The van der Waals surface area contributed by atoms with Gasteiger partial charge in [0.15, 0.2) is 0 Å². The van der Waals surface area contributed by atoms with Gasteiger partial charge in [-0.05, 0) is 72.3 Å². The Labute approximate surface area is 132 Å². The molecule has 3 nitrogen and oxygen atoms in total. The van der Waals surface area contributed by atoms with Gasteiger partial charge in [-0.25, -0.2) is 0 Å². The lowest BCUT2D eigenvalue weighted by atomic mass is 10.0. The maximum Gasteiger partial charge on any atom is 0.0492 e. The van der Waals surface area contributed by atoms with Gasteiger partial charge in [-0.3, -0.25) is 4.68 Å². The molecule has 0 saturated heterocycles. The van der Waals surface area contributed by atoms with Crippen molar-refractivity contribution < 1.29 is 0 Å². The van der Waals surface area contributed by atoms with Crippen LogP contribution in [0.1, 0.15) is 23.7 Å². The van der Waals surface area contributed by atoms with Crippen LogP contribution in [0, 0.1) is 3.57 Å². The Morgan fingerprint density at radius 1 is 1.42 bits per heavy atom. The Bertz CT molecular complexity index is 553. The van der Waals surface area contributed by atoms with Crippen molar-refractivity contribution in [2.24, 2.45) is 7.05 Å². The van der Waals surface area contributed by atoms with E-state index in [0.29, 0.717) is 6.04 Å². The van der Waals surface area contributed by atoms with Gasteiger partial charge in [-0.2, -0.15) is 5.10 Å². The predicted molar refractivity (Wildman–Crippen MR) is 87.5 cm³/mol. The Morgan fingerprint density at radius 3 is 2.84 bits per heavy atom. The van der Waals surface area contributed by atoms with E-state index in [4.69, 9.17) is 11.6 Å². The summed E-state index contributed by atoms with van der Waals surface area (Å²) in [5, 5.41) is 8.36. The largest absolute Gasteiger partial charge is 0.313 e. The standard InChI is InChI=1S/C14H17ClIN3/c1-17-14(6-4-11-7-8-18-19(11)2)12-9-10(15)3-5-13(12)16/h3,5,7-9,14,17H,4,6H2,1-2H3. The Hall–Kier alpha value is -0.590. The monoisotopic (exact) mass is 389 g/mol. The average Bonchev–Trinajstić information content (AvgIpc) is 2.80. The zero-order valence-electron chi connectivity index (χ0n) is 11.0. The quantitative estimate of drug-likeness (QED) is 0.792. The van der Waals surface area contributed by atoms with E-state index >= 15 is 0 Å². The van der Waals surface area contributed by atoms with Crippen LogP contribution < -0.4 is 5.32 Å². The van der Waals surface area contributed by atoms with Crippen LogP contribution in [0.15, 0.2) is 30.5 Å². The fourth-order valence-electron chi connectivity index (χ4n) is 2.18. The van der Waals surface area contributed by atoms with Gasteiger partial charge >= 0.3 is 0 Å². The Kier molecular flexibility index (Phi) is 5.24. The van der Waals surface area contributed by atoms with Gasteiger partial charge in [0, 0.05) is 33.6 Å². The van der Waals surface area contributed by atoms with Gasteiger partial charge in [0.2, 0.25) is 0 Å². The summed E-state index contributed by atoms with van der Waals surface area (Å²) in [7, 11) is 3.97. The van der Waals surface area contributed by atoms with Crippen LogP contribution in [-0.2, 0) is 13.5 Å². The van der Waals surface area contributed by atoms with Crippen molar-refractivity contribution in [1.29, 1.82) is 0 Å². The third-order valence-electron chi connectivity index (χ3n) is 3.29. The number of halogens is 2. The molecule has 5 heteroatoms. The van der Waals surface area contributed by atoms with Gasteiger partial charge < -0.3 is 5.32 Å². The number of nitrogens with zero attached hydrogens (tertiary/aromatic N) is 2. The van der Waals surface area contributed by atoms with E-state index in [9.17, 15) is 0 Å².